The first kappa shape index (κ1) is 13.6. The van der Waals surface area contributed by atoms with E-state index in [1.165, 1.54) is 0 Å². The maximum absolute atomic E-state index is 11.6. The fourth-order valence-electron chi connectivity index (χ4n) is 1.77. The lowest BCUT2D eigenvalue weighted by molar-refractivity contribution is -0.123. The van der Waals surface area contributed by atoms with E-state index in [2.05, 4.69) is 17.6 Å². The Kier molecular flexibility index (Phi) is 4.87. The Balaban J connectivity index is 2.60. The molecule has 1 aliphatic rings. The largest absolute Gasteiger partial charge is 0.322 e. The van der Waals surface area contributed by atoms with Crippen LogP contribution in [-0.4, -0.2) is 22.3 Å². The number of carbonyl (C=O) groups is 2. The second-order valence-electron chi connectivity index (χ2n) is 3.99. The van der Waals surface area contributed by atoms with E-state index < -0.39 is 22.3 Å². The van der Waals surface area contributed by atoms with Gasteiger partial charge in [-0.05, 0) is 6.42 Å². The number of imide groups is 1. The zero-order valence-electron chi connectivity index (χ0n) is 9.19. The van der Waals surface area contributed by atoms with Crippen molar-refractivity contribution in [2.24, 2.45) is 0 Å². The number of alkyl halides is 2. The molecule has 0 spiro atoms. The third-order valence-corrected chi connectivity index (χ3v) is 3.51. The molecule has 1 heterocycles. The second-order valence-corrected chi connectivity index (χ2v) is 5.09. The summed E-state index contributed by atoms with van der Waals surface area (Å²) in [7, 11) is 0. The van der Waals surface area contributed by atoms with Crippen molar-refractivity contribution < 1.29 is 9.59 Å². The molecule has 0 aromatic carbocycles. The summed E-state index contributed by atoms with van der Waals surface area (Å²) >= 11 is 11.6. The molecule has 0 aromatic rings. The first-order valence-corrected chi connectivity index (χ1v) is 6.32. The Hall–Kier alpha value is -0.480. The van der Waals surface area contributed by atoms with Crippen LogP contribution in [0.25, 0.3) is 0 Å². The Morgan fingerprint density at radius 2 is 1.94 bits per heavy atom. The minimum atomic E-state index is -1.14. The molecule has 92 valence electrons. The van der Waals surface area contributed by atoms with Crippen LogP contribution in [0.4, 0.5) is 4.79 Å². The van der Waals surface area contributed by atoms with Gasteiger partial charge in [-0.3, -0.25) is 10.1 Å². The molecule has 16 heavy (non-hydrogen) atoms. The number of unbranched alkanes of at least 4 members (excludes halogenated alkanes) is 3. The molecule has 1 unspecified atom stereocenters. The number of carbonyl (C=O) groups excluding carboxylic acids is 2. The molecule has 0 aliphatic carbocycles. The van der Waals surface area contributed by atoms with Crippen molar-refractivity contribution >= 4 is 35.1 Å². The van der Waals surface area contributed by atoms with Gasteiger partial charge in [-0.15, -0.1) is 23.2 Å². The van der Waals surface area contributed by atoms with Crippen LogP contribution in [0.5, 0.6) is 0 Å². The molecular formula is C10H16Cl2N2O2. The lowest BCUT2D eigenvalue weighted by Crippen LogP contribution is -2.52. The molecule has 2 N–H and O–H groups in total. The summed E-state index contributed by atoms with van der Waals surface area (Å²) < 4.78 is 0. The van der Waals surface area contributed by atoms with Crippen LogP contribution in [0.2, 0.25) is 0 Å². The number of hydrogen-bond donors (Lipinski definition) is 2. The molecule has 0 bridgehead atoms. The van der Waals surface area contributed by atoms with Gasteiger partial charge in [-0.2, -0.15) is 0 Å². The maximum atomic E-state index is 11.6. The fraction of sp³-hybridized carbons (Fsp3) is 0.800. The average molecular weight is 267 g/mol. The molecule has 0 radical (unpaired) electrons. The van der Waals surface area contributed by atoms with E-state index in [-0.39, 0.29) is 0 Å². The van der Waals surface area contributed by atoms with Crippen LogP contribution in [0.15, 0.2) is 0 Å². The van der Waals surface area contributed by atoms with Crippen molar-refractivity contribution in [2.75, 3.05) is 0 Å². The zero-order chi connectivity index (χ0) is 12.2. The van der Waals surface area contributed by atoms with Gasteiger partial charge >= 0.3 is 6.03 Å². The van der Waals surface area contributed by atoms with Crippen LogP contribution in [0.1, 0.15) is 39.0 Å². The fourth-order valence-corrected chi connectivity index (χ4v) is 2.30. The van der Waals surface area contributed by atoms with Gasteiger partial charge in [0.2, 0.25) is 0 Å². The van der Waals surface area contributed by atoms with Crippen molar-refractivity contribution in [1.29, 1.82) is 0 Å². The molecule has 1 fully saturated rings. The van der Waals surface area contributed by atoms with Crippen LogP contribution in [-0.2, 0) is 4.79 Å². The lowest BCUT2D eigenvalue weighted by atomic mass is 9.94. The van der Waals surface area contributed by atoms with Gasteiger partial charge in [0, 0.05) is 0 Å². The zero-order valence-corrected chi connectivity index (χ0v) is 10.7. The maximum Gasteiger partial charge on any atom is 0.322 e. The van der Waals surface area contributed by atoms with Crippen LogP contribution < -0.4 is 10.6 Å². The number of rotatable bonds is 6. The average Bonchev–Trinajstić information content (AvgIpc) is 2.50. The van der Waals surface area contributed by atoms with Crippen molar-refractivity contribution in [3.63, 3.8) is 0 Å². The highest BCUT2D eigenvalue weighted by molar-refractivity contribution is 6.47. The SMILES string of the molecule is CCCCCCC1(C(Cl)Cl)NC(=O)NC1=O. The number of nitrogens with one attached hydrogen (secondary N) is 2. The van der Waals surface area contributed by atoms with Gasteiger partial charge in [0.15, 0.2) is 5.54 Å². The van der Waals surface area contributed by atoms with Crippen LogP contribution in [0, 0.1) is 0 Å². The minimum absolute atomic E-state index is 0.427. The van der Waals surface area contributed by atoms with Gasteiger partial charge in [0.05, 0.1) is 0 Å². The highest BCUT2D eigenvalue weighted by Crippen LogP contribution is 2.29. The number of hydrogen-bond acceptors (Lipinski definition) is 2. The predicted octanol–water partition coefficient (Wildman–Crippen LogP) is 2.34. The highest BCUT2D eigenvalue weighted by Gasteiger charge is 2.50. The molecule has 6 heteroatoms. The van der Waals surface area contributed by atoms with E-state index in [0.29, 0.717) is 6.42 Å². The molecule has 1 atom stereocenters. The summed E-state index contributed by atoms with van der Waals surface area (Å²) in [6.45, 7) is 2.10. The van der Waals surface area contributed by atoms with Crippen molar-refractivity contribution in [2.45, 2.75) is 49.4 Å². The van der Waals surface area contributed by atoms with Crippen LogP contribution >= 0.6 is 23.2 Å². The summed E-state index contributed by atoms with van der Waals surface area (Å²) in [5.74, 6) is -0.427. The summed E-state index contributed by atoms with van der Waals surface area (Å²) in [6, 6.07) is -0.521. The molecule has 1 rings (SSSR count). The third-order valence-electron chi connectivity index (χ3n) is 2.77. The number of amides is 3. The van der Waals surface area contributed by atoms with Crippen LogP contribution in [0.3, 0.4) is 0 Å². The van der Waals surface area contributed by atoms with Crippen molar-refractivity contribution in [1.82, 2.24) is 10.6 Å². The molecular weight excluding hydrogens is 251 g/mol. The molecule has 1 saturated heterocycles. The first-order valence-electron chi connectivity index (χ1n) is 5.44. The Bertz CT molecular complexity index is 284. The first-order chi connectivity index (χ1) is 7.53. The summed E-state index contributed by atoms with van der Waals surface area (Å²) in [6.07, 6.45) is 4.50. The lowest BCUT2D eigenvalue weighted by Gasteiger charge is -2.26. The highest BCUT2D eigenvalue weighted by atomic mass is 35.5. The predicted molar refractivity (Wildman–Crippen MR) is 63.7 cm³/mol. The molecule has 4 nitrogen and oxygen atoms in total. The second kappa shape index (κ2) is 5.73. The van der Waals surface area contributed by atoms with Gasteiger partial charge in [0.1, 0.15) is 4.84 Å². The summed E-state index contributed by atoms with van der Waals surface area (Å²) in [5, 5.41) is 4.70. The van der Waals surface area contributed by atoms with Gasteiger partial charge in [-0.1, -0.05) is 32.6 Å². The van der Waals surface area contributed by atoms with Gasteiger partial charge in [0.25, 0.3) is 5.91 Å². The van der Waals surface area contributed by atoms with E-state index in [9.17, 15) is 9.59 Å². The normalized spacial score (nSPS) is 24.8. The Morgan fingerprint density at radius 3 is 2.38 bits per heavy atom. The third kappa shape index (κ3) is 2.80. The van der Waals surface area contributed by atoms with E-state index in [4.69, 9.17) is 23.2 Å². The topological polar surface area (TPSA) is 58.2 Å². The smallest absolute Gasteiger partial charge is 0.321 e. The van der Waals surface area contributed by atoms with E-state index in [0.717, 1.165) is 25.7 Å². The Labute approximate surface area is 105 Å². The van der Waals surface area contributed by atoms with Gasteiger partial charge < -0.3 is 5.32 Å². The number of halogens is 2. The monoisotopic (exact) mass is 266 g/mol. The standard InChI is InChI=1S/C10H16Cl2N2O2/c1-2-3-4-5-6-10(7(11)12)8(15)13-9(16)14-10/h7H,2-6H2,1H3,(H2,13,14,15,16). The Morgan fingerprint density at radius 1 is 1.25 bits per heavy atom. The van der Waals surface area contributed by atoms with E-state index >= 15 is 0 Å². The number of urea groups is 1. The van der Waals surface area contributed by atoms with Crippen molar-refractivity contribution in [3.8, 4) is 0 Å². The van der Waals surface area contributed by atoms with Gasteiger partial charge in [-0.25, -0.2) is 4.79 Å². The minimum Gasteiger partial charge on any atom is -0.321 e. The molecule has 3 amide bonds. The quantitative estimate of drug-likeness (QED) is 0.441. The van der Waals surface area contributed by atoms with E-state index in [1.807, 2.05) is 0 Å². The molecule has 1 aliphatic heterocycles. The van der Waals surface area contributed by atoms with E-state index in [1.54, 1.807) is 0 Å². The molecule has 0 saturated carbocycles. The summed E-state index contributed by atoms with van der Waals surface area (Å²) in [4.78, 5) is 21.8. The molecule has 0 aromatic heterocycles. The van der Waals surface area contributed by atoms with Crippen molar-refractivity contribution in [3.05, 3.63) is 0 Å². The summed E-state index contributed by atoms with van der Waals surface area (Å²) in [5.41, 5.74) is -1.14.